The lowest BCUT2D eigenvalue weighted by Crippen LogP contribution is -2.28. The number of fused-ring (bicyclic) bond motifs is 2. The molecule has 2 amide bonds. The van der Waals surface area contributed by atoms with Gasteiger partial charge < -0.3 is 19.6 Å². The van der Waals surface area contributed by atoms with Gasteiger partial charge in [-0.15, -0.1) is 0 Å². The standard InChI is InChI=1S/C26H27ClN8O3/c27-16-5-6-20-19(12-16)31-26(38-20)32-25(37)18-14-35(24-22(18)23(28)29-15-30-24)17-7-11-34(13-17)21(36)4-3-10-33-8-1-2-9-33/h3-6,12,14-15,17H,1-2,7-11,13H2,(H2,28,29,30)(H,31,32,37)/b4-3+. The fourth-order valence-electron chi connectivity index (χ4n) is 5.22. The SMILES string of the molecule is Nc1ncnc2c1c(C(=O)Nc1nc3cc(Cl)ccc3o1)cn2C1CCN(C(=O)/C=C/CN2CCCC2)C1. The third-order valence-corrected chi connectivity index (χ3v) is 7.38. The van der Waals surface area contributed by atoms with Gasteiger partial charge in [0.05, 0.1) is 17.0 Å². The Morgan fingerprint density at radius 3 is 2.89 bits per heavy atom. The summed E-state index contributed by atoms with van der Waals surface area (Å²) in [6, 6.07) is 5.01. The summed E-state index contributed by atoms with van der Waals surface area (Å²) in [5.74, 6) is -0.269. The minimum absolute atomic E-state index is 0.00803. The summed E-state index contributed by atoms with van der Waals surface area (Å²) < 4.78 is 7.56. The molecule has 0 aliphatic carbocycles. The lowest BCUT2D eigenvalue weighted by Gasteiger charge is -2.16. The maximum absolute atomic E-state index is 13.3. The van der Waals surface area contributed by atoms with Crippen LogP contribution in [0.1, 0.15) is 35.7 Å². The first-order valence-corrected chi connectivity index (χ1v) is 13.0. The van der Waals surface area contributed by atoms with Crippen molar-refractivity contribution >= 4 is 57.4 Å². The van der Waals surface area contributed by atoms with Crippen molar-refractivity contribution < 1.29 is 14.0 Å². The van der Waals surface area contributed by atoms with Crippen molar-refractivity contribution in [3.63, 3.8) is 0 Å². The molecule has 1 atom stereocenters. The molecule has 2 fully saturated rings. The van der Waals surface area contributed by atoms with E-state index in [4.69, 9.17) is 21.8 Å². The van der Waals surface area contributed by atoms with E-state index in [1.165, 1.54) is 19.2 Å². The number of anilines is 2. The molecule has 4 aromatic rings. The van der Waals surface area contributed by atoms with Gasteiger partial charge in [0, 0.05) is 36.9 Å². The summed E-state index contributed by atoms with van der Waals surface area (Å²) in [6.07, 6.45) is 9.87. The van der Waals surface area contributed by atoms with E-state index in [0.717, 1.165) is 26.1 Å². The summed E-state index contributed by atoms with van der Waals surface area (Å²) in [4.78, 5) is 43.1. The van der Waals surface area contributed by atoms with Crippen LogP contribution in [0.5, 0.6) is 0 Å². The molecule has 1 aromatic carbocycles. The molecule has 2 aliphatic rings. The van der Waals surface area contributed by atoms with Crippen LogP contribution in [0.25, 0.3) is 22.1 Å². The second-order valence-corrected chi connectivity index (χ2v) is 10.1. The maximum Gasteiger partial charge on any atom is 0.302 e. The average molecular weight is 535 g/mol. The van der Waals surface area contributed by atoms with Crippen molar-refractivity contribution in [2.75, 3.05) is 43.8 Å². The van der Waals surface area contributed by atoms with Crippen molar-refractivity contribution in [1.82, 2.24) is 29.3 Å². The van der Waals surface area contributed by atoms with Crippen LogP contribution < -0.4 is 11.1 Å². The van der Waals surface area contributed by atoms with E-state index in [0.29, 0.717) is 45.8 Å². The van der Waals surface area contributed by atoms with Crippen LogP contribution >= 0.6 is 11.6 Å². The summed E-state index contributed by atoms with van der Waals surface area (Å²) in [5.41, 5.74) is 8.05. The van der Waals surface area contributed by atoms with E-state index in [1.54, 1.807) is 30.5 Å². The zero-order valence-electron chi connectivity index (χ0n) is 20.6. The Hall–Kier alpha value is -3.96. The highest BCUT2D eigenvalue weighted by Crippen LogP contribution is 2.32. The monoisotopic (exact) mass is 534 g/mol. The van der Waals surface area contributed by atoms with Crippen LogP contribution in [0, 0.1) is 0 Å². The first-order chi connectivity index (χ1) is 18.5. The molecular weight excluding hydrogens is 508 g/mol. The molecule has 3 aromatic heterocycles. The molecule has 2 aliphatic heterocycles. The Kier molecular flexibility index (Phi) is 6.46. The van der Waals surface area contributed by atoms with Gasteiger partial charge in [0.25, 0.3) is 5.91 Å². The molecule has 6 rings (SSSR count). The quantitative estimate of drug-likeness (QED) is 0.359. The number of nitrogens with one attached hydrogen (secondary N) is 1. The Morgan fingerprint density at radius 2 is 2.05 bits per heavy atom. The lowest BCUT2D eigenvalue weighted by atomic mass is 10.2. The molecular formula is C26H27ClN8O3. The first kappa shape index (κ1) is 24.4. The second-order valence-electron chi connectivity index (χ2n) is 9.63. The number of hydrogen-bond acceptors (Lipinski definition) is 8. The molecule has 0 saturated carbocycles. The fraction of sp³-hybridized carbons (Fsp3) is 0.346. The van der Waals surface area contributed by atoms with Crippen molar-refractivity contribution in [3.05, 3.63) is 53.5 Å². The summed E-state index contributed by atoms with van der Waals surface area (Å²) in [5, 5.41) is 3.66. The first-order valence-electron chi connectivity index (χ1n) is 12.6. The third-order valence-electron chi connectivity index (χ3n) is 7.14. The molecule has 0 bridgehead atoms. The van der Waals surface area contributed by atoms with E-state index in [9.17, 15) is 9.59 Å². The maximum atomic E-state index is 13.3. The van der Waals surface area contributed by atoms with Crippen LogP contribution in [-0.4, -0.2) is 73.9 Å². The zero-order chi connectivity index (χ0) is 26.2. The number of carbonyl (C=O) groups excluding carboxylic acids is 2. The molecule has 12 heteroatoms. The number of halogens is 1. The van der Waals surface area contributed by atoms with Crippen LogP contribution in [0.2, 0.25) is 5.02 Å². The van der Waals surface area contributed by atoms with Crippen molar-refractivity contribution in [2.24, 2.45) is 0 Å². The van der Waals surface area contributed by atoms with Gasteiger partial charge in [0.2, 0.25) is 5.91 Å². The molecule has 3 N–H and O–H groups in total. The number of rotatable bonds is 6. The highest BCUT2D eigenvalue weighted by atomic mass is 35.5. The molecule has 2 saturated heterocycles. The normalized spacial score (nSPS) is 18.3. The Morgan fingerprint density at radius 1 is 1.21 bits per heavy atom. The van der Waals surface area contributed by atoms with Crippen molar-refractivity contribution in [1.29, 1.82) is 0 Å². The number of nitrogen functional groups attached to an aromatic ring is 1. The van der Waals surface area contributed by atoms with E-state index in [2.05, 4.69) is 25.2 Å². The molecule has 11 nitrogen and oxygen atoms in total. The van der Waals surface area contributed by atoms with Crippen molar-refractivity contribution in [3.8, 4) is 0 Å². The molecule has 1 unspecified atom stereocenters. The fourth-order valence-corrected chi connectivity index (χ4v) is 5.39. The molecule has 0 spiro atoms. The van der Waals surface area contributed by atoms with Crippen LogP contribution in [0.15, 0.2) is 47.3 Å². The van der Waals surface area contributed by atoms with Gasteiger partial charge in [-0.05, 0) is 50.6 Å². The largest absolute Gasteiger partial charge is 0.423 e. The average Bonchev–Trinajstić information content (AvgIpc) is 3.69. The van der Waals surface area contributed by atoms with Crippen LogP contribution in [0.3, 0.4) is 0 Å². The van der Waals surface area contributed by atoms with Gasteiger partial charge in [0.1, 0.15) is 23.3 Å². The van der Waals surface area contributed by atoms with Crippen LogP contribution in [-0.2, 0) is 4.79 Å². The smallest absolute Gasteiger partial charge is 0.302 e. The Balaban J connectivity index is 1.21. The highest BCUT2D eigenvalue weighted by molar-refractivity contribution is 6.31. The van der Waals surface area contributed by atoms with Gasteiger partial charge in [0.15, 0.2) is 5.58 Å². The number of aromatic nitrogens is 4. The predicted molar refractivity (Wildman–Crippen MR) is 144 cm³/mol. The van der Waals surface area contributed by atoms with Gasteiger partial charge in [-0.3, -0.25) is 19.8 Å². The summed E-state index contributed by atoms with van der Waals surface area (Å²) in [7, 11) is 0. The second kappa shape index (κ2) is 10.1. The number of benzene rings is 1. The van der Waals surface area contributed by atoms with Crippen LogP contribution in [0.4, 0.5) is 11.8 Å². The highest BCUT2D eigenvalue weighted by Gasteiger charge is 2.30. The van der Waals surface area contributed by atoms with E-state index < -0.39 is 5.91 Å². The number of amides is 2. The van der Waals surface area contributed by atoms with Crippen molar-refractivity contribution in [2.45, 2.75) is 25.3 Å². The number of hydrogen-bond donors (Lipinski definition) is 2. The number of nitrogens with zero attached hydrogens (tertiary/aromatic N) is 6. The molecule has 5 heterocycles. The summed E-state index contributed by atoms with van der Waals surface area (Å²) >= 11 is 6.03. The third kappa shape index (κ3) is 4.70. The van der Waals surface area contributed by atoms with E-state index >= 15 is 0 Å². The lowest BCUT2D eigenvalue weighted by molar-refractivity contribution is -0.125. The van der Waals surface area contributed by atoms with Gasteiger partial charge >= 0.3 is 6.01 Å². The summed E-state index contributed by atoms with van der Waals surface area (Å²) in [6.45, 7) is 4.10. The molecule has 0 radical (unpaired) electrons. The van der Waals surface area contributed by atoms with E-state index in [1.807, 2.05) is 15.5 Å². The topological polar surface area (TPSA) is 135 Å². The van der Waals surface area contributed by atoms with Gasteiger partial charge in [-0.2, -0.15) is 4.98 Å². The number of oxazole rings is 1. The minimum Gasteiger partial charge on any atom is -0.423 e. The zero-order valence-corrected chi connectivity index (χ0v) is 21.4. The Labute approximate surface area is 223 Å². The Bertz CT molecular complexity index is 1550. The van der Waals surface area contributed by atoms with Gasteiger partial charge in [-0.1, -0.05) is 17.7 Å². The minimum atomic E-state index is -0.455. The number of nitrogens with two attached hydrogens (primary N) is 1. The van der Waals surface area contributed by atoms with Gasteiger partial charge in [-0.25, -0.2) is 9.97 Å². The predicted octanol–water partition coefficient (Wildman–Crippen LogP) is 3.49. The van der Waals surface area contributed by atoms with E-state index in [-0.39, 0.29) is 23.8 Å². The molecule has 38 heavy (non-hydrogen) atoms. The number of carbonyl (C=O) groups is 2. The molecule has 196 valence electrons. The number of likely N-dealkylation sites (tertiary alicyclic amines) is 2.